The fourth-order valence-electron chi connectivity index (χ4n) is 2.90. The number of nitrogens with two attached hydrogens (primary N) is 1. The number of hydrogen-bond donors (Lipinski definition) is 1. The summed E-state index contributed by atoms with van der Waals surface area (Å²) >= 11 is 0. The second kappa shape index (κ2) is 7.06. The van der Waals surface area contributed by atoms with Gasteiger partial charge >= 0.3 is 6.18 Å². The van der Waals surface area contributed by atoms with Crippen molar-refractivity contribution in [2.45, 2.75) is 17.6 Å². The minimum absolute atomic E-state index is 0.129. The molecule has 0 fully saturated rings. The molecule has 0 saturated heterocycles. The lowest BCUT2D eigenvalue weighted by Crippen LogP contribution is -2.48. The number of rotatable bonds is 4. The SMILES string of the molecule is NC(=O)CN1CN(Cc2ccc(C(F)(F)F)cc2)S(=O)(=O)c2cc(F)ccc21. The van der Waals surface area contributed by atoms with E-state index in [9.17, 15) is 30.8 Å². The lowest BCUT2D eigenvalue weighted by molar-refractivity contribution is -0.137. The Kier molecular flexibility index (Phi) is 5.06. The molecule has 1 heterocycles. The van der Waals surface area contributed by atoms with Crippen LogP contribution < -0.4 is 10.6 Å². The highest BCUT2D eigenvalue weighted by atomic mass is 32.2. The fourth-order valence-corrected chi connectivity index (χ4v) is 4.51. The highest BCUT2D eigenvalue weighted by molar-refractivity contribution is 7.89. The van der Waals surface area contributed by atoms with Gasteiger partial charge in [-0.1, -0.05) is 12.1 Å². The lowest BCUT2D eigenvalue weighted by Gasteiger charge is -2.37. The number of fused-ring (bicyclic) bond motifs is 1. The molecule has 0 radical (unpaired) electrons. The van der Waals surface area contributed by atoms with Crippen molar-refractivity contribution in [3.63, 3.8) is 0 Å². The Balaban J connectivity index is 1.96. The molecular weight excluding hydrogens is 402 g/mol. The molecule has 6 nitrogen and oxygen atoms in total. The number of carbonyl (C=O) groups excluding carboxylic acids is 1. The average molecular weight is 417 g/mol. The van der Waals surface area contributed by atoms with Crippen LogP contribution in [-0.4, -0.2) is 31.8 Å². The van der Waals surface area contributed by atoms with E-state index >= 15 is 0 Å². The molecule has 0 saturated carbocycles. The first kappa shape index (κ1) is 20.1. The summed E-state index contributed by atoms with van der Waals surface area (Å²) in [4.78, 5) is 12.4. The molecule has 28 heavy (non-hydrogen) atoms. The van der Waals surface area contributed by atoms with Crippen molar-refractivity contribution < 1.29 is 30.8 Å². The summed E-state index contributed by atoms with van der Waals surface area (Å²) < 4.78 is 78.3. The van der Waals surface area contributed by atoms with Gasteiger partial charge in [0.2, 0.25) is 15.9 Å². The van der Waals surface area contributed by atoms with Crippen LogP contribution in [0.15, 0.2) is 47.4 Å². The maximum absolute atomic E-state index is 13.6. The molecule has 1 amide bonds. The Morgan fingerprint density at radius 3 is 2.32 bits per heavy atom. The van der Waals surface area contributed by atoms with Crippen LogP contribution in [0.4, 0.5) is 23.2 Å². The van der Waals surface area contributed by atoms with Crippen LogP contribution in [-0.2, 0) is 27.5 Å². The Morgan fingerprint density at radius 2 is 1.75 bits per heavy atom. The van der Waals surface area contributed by atoms with E-state index in [4.69, 9.17) is 5.73 Å². The van der Waals surface area contributed by atoms with Gasteiger partial charge in [0, 0.05) is 6.54 Å². The van der Waals surface area contributed by atoms with E-state index in [0.717, 1.165) is 40.7 Å². The van der Waals surface area contributed by atoms with Gasteiger partial charge in [-0.05, 0) is 35.9 Å². The number of alkyl halides is 3. The third-order valence-corrected chi connectivity index (χ3v) is 6.00. The largest absolute Gasteiger partial charge is 0.416 e. The first-order chi connectivity index (χ1) is 13.0. The summed E-state index contributed by atoms with van der Waals surface area (Å²) in [6.07, 6.45) is -4.51. The summed E-state index contributed by atoms with van der Waals surface area (Å²) in [5.41, 5.74) is 4.77. The van der Waals surface area contributed by atoms with Crippen molar-refractivity contribution in [2.75, 3.05) is 18.1 Å². The number of sulfonamides is 1. The molecule has 2 aromatic carbocycles. The van der Waals surface area contributed by atoms with Crippen molar-refractivity contribution in [3.8, 4) is 0 Å². The van der Waals surface area contributed by atoms with E-state index in [1.807, 2.05) is 0 Å². The monoisotopic (exact) mass is 417 g/mol. The topological polar surface area (TPSA) is 83.7 Å². The Labute approximate surface area is 158 Å². The predicted octanol–water partition coefficient (Wildman–Crippen LogP) is 2.30. The molecule has 3 rings (SSSR count). The van der Waals surface area contributed by atoms with Gasteiger partial charge in [-0.3, -0.25) is 4.79 Å². The molecule has 0 unspecified atom stereocenters. The van der Waals surface area contributed by atoms with E-state index < -0.39 is 33.5 Å². The number of halogens is 4. The first-order valence-electron chi connectivity index (χ1n) is 7.97. The number of primary amides is 1. The molecule has 2 aromatic rings. The molecule has 0 bridgehead atoms. The number of amides is 1. The summed E-state index contributed by atoms with van der Waals surface area (Å²) in [5.74, 6) is -1.50. The minimum Gasteiger partial charge on any atom is -0.368 e. The van der Waals surface area contributed by atoms with Crippen molar-refractivity contribution in [3.05, 3.63) is 59.4 Å². The van der Waals surface area contributed by atoms with Crippen LogP contribution in [0.2, 0.25) is 0 Å². The summed E-state index contributed by atoms with van der Waals surface area (Å²) in [5, 5.41) is 0. The standard InChI is InChI=1S/C17H15F4N3O3S/c18-13-5-6-14-15(7-13)28(26,27)24(10-23(14)9-16(22)25)8-11-1-3-12(4-2-11)17(19,20)21/h1-7H,8-10H2,(H2,22,25). The number of anilines is 1. The van der Waals surface area contributed by atoms with Gasteiger partial charge in [-0.25, -0.2) is 12.8 Å². The van der Waals surface area contributed by atoms with Crippen molar-refractivity contribution in [1.29, 1.82) is 0 Å². The summed E-state index contributed by atoms with van der Waals surface area (Å²) in [6, 6.07) is 7.16. The molecule has 11 heteroatoms. The van der Waals surface area contributed by atoms with Gasteiger partial charge in [-0.15, -0.1) is 0 Å². The average Bonchev–Trinajstić information content (AvgIpc) is 2.58. The van der Waals surface area contributed by atoms with Crippen LogP contribution in [0.3, 0.4) is 0 Å². The highest BCUT2D eigenvalue weighted by Crippen LogP contribution is 2.35. The van der Waals surface area contributed by atoms with E-state index in [-0.39, 0.29) is 30.3 Å². The van der Waals surface area contributed by atoms with E-state index in [2.05, 4.69) is 0 Å². The number of hydrogen-bond acceptors (Lipinski definition) is 4. The molecule has 1 aliphatic heterocycles. The fraction of sp³-hybridized carbons (Fsp3) is 0.235. The summed E-state index contributed by atoms with van der Waals surface area (Å²) in [7, 11) is -4.13. The van der Waals surface area contributed by atoms with Gasteiger partial charge in [-0.2, -0.15) is 17.5 Å². The van der Waals surface area contributed by atoms with Crippen LogP contribution in [0.1, 0.15) is 11.1 Å². The zero-order chi connectivity index (χ0) is 20.7. The van der Waals surface area contributed by atoms with E-state index in [1.54, 1.807) is 0 Å². The Hall–Kier alpha value is -2.66. The van der Waals surface area contributed by atoms with Gasteiger partial charge in [0.05, 0.1) is 24.5 Å². The normalized spacial score (nSPS) is 16.6. The second-order valence-corrected chi connectivity index (χ2v) is 8.13. The molecule has 0 aromatic heterocycles. The molecule has 2 N–H and O–H groups in total. The van der Waals surface area contributed by atoms with Crippen LogP contribution in [0.5, 0.6) is 0 Å². The minimum atomic E-state index is -4.51. The van der Waals surface area contributed by atoms with Crippen LogP contribution in [0, 0.1) is 5.82 Å². The summed E-state index contributed by atoms with van der Waals surface area (Å²) in [6.45, 7) is -0.825. The maximum atomic E-state index is 13.6. The quantitative estimate of drug-likeness (QED) is 0.774. The van der Waals surface area contributed by atoms with Crippen molar-refractivity contribution in [1.82, 2.24) is 4.31 Å². The van der Waals surface area contributed by atoms with Gasteiger partial charge in [0.15, 0.2) is 0 Å². The molecule has 0 atom stereocenters. The smallest absolute Gasteiger partial charge is 0.368 e. The first-order valence-corrected chi connectivity index (χ1v) is 9.41. The van der Waals surface area contributed by atoms with Crippen LogP contribution in [0.25, 0.3) is 0 Å². The predicted molar refractivity (Wildman–Crippen MR) is 92.0 cm³/mol. The molecule has 150 valence electrons. The van der Waals surface area contributed by atoms with E-state index in [1.165, 1.54) is 11.0 Å². The molecule has 1 aliphatic rings. The third kappa shape index (κ3) is 3.94. The van der Waals surface area contributed by atoms with Crippen molar-refractivity contribution in [2.24, 2.45) is 5.73 Å². The Morgan fingerprint density at radius 1 is 1.11 bits per heavy atom. The maximum Gasteiger partial charge on any atom is 0.416 e. The van der Waals surface area contributed by atoms with Gasteiger partial charge in [0.25, 0.3) is 0 Å². The van der Waals surface area contributed by atoms with Gasteiger partial charge in [0.1, 0.15) is 10.7 Å². The van der Waals surface area contributed by atoms with Gasteiger partial charge < -0.3 is 10.6 Å². The zero-order valence-corrected chi connectivity index (χ0v) is 15.1. The number of nitrogens with zero attached hydrogens (tertiary/aromatic N) is 2. The Bertz CT molecular complexity index is 1010. The van der Waals surface area contributed by atoms with Crippen molar-refractivity contribution >= 4 is 21.6 Å². The lowest BCUT2D eigenvalue weighted by atomic mass is 10.1. The molecule has 0 spiro atoms. The van der Waals surface area contributed by atoms with E-state index in [0.29, 0.717) is 5.56 Å². The van der Waals surface area contributed by atoms with Crippen LogP contribution >= 0.6 is 0 Å². The number of carbonyl (C=O) groups is 1. The molecular formula is C17H15F4N3O3S. The second-order valence-electron chi connectivity index (χ2n) is 6.23. The number of benzene rings is 2. The zero-order valence-electron chi connectivity index (χ0n) is 14.3. The molecule has 0 aliphatic carbocycles. The highest BCUT2D eigenvalue weighted by Gasteiger charge is 2.36. The third-order valence-electron chi connectivity index (χ3n) is 4.20.